The Morgan fingerprint density at radius 3 is 2.88 bits per heavy atom. The highest BCUT2D eigenvalue weighted by atomic mass is 79.9. The first-order valence-electron chi connectivity index (χ1n) is 5.78. The Morgan fingerprint density at radius 1 is 1.53 bits per heavy atom. The van der Waals surface area contributed by atoms with Crippen molar-refractivity contribution >= 4 is 27.7 Å². The van der Waals surface area contributed by atoms with Crippen LogP contribution in [-0.4, -0.2) is 31.0 Å². The largest absolute Gasteiger partial charge is 0.317 e. The molecular weight excluding hydrogens is 282 g/mol. The first kappa shape index (κ1) is 12.5. The van der Waals surface area contributed by atoms with E-state index in [1.807, 2.05) is 12.1 Å². The second-order valence-electron chi connectivity index (χ2n) is 4.25. The second kappa shape index (κ2) is 5.60. The lowest BCUT2D eigenvalue weighted by Crippen LogP contribution is -2.39. The van der Waals surface area contributed by atoms with E-state index in [2.05, 4.69) is 26.2 Å². The molecule has 0 atom stereocenters. The zero-order valence-corrected chi connectivity index (χ0v) is 11.4. The van der Waals surface area contributed by atoms with Gasteiger partial charge in [-0.25, -0.2) is 4.98 Å². The highest BCUT2D eigenvalue weighted by Crippen LogP contribution is 2.20. The molecule has 1 amide bonds. The monoisotopic (exact) mass is 297 g/mol. The van der Waals surface area contributed by atoms with Crippen molar-refractivity contribution in [2.75, 3.05) is 25.0 Å². The molecule has 2 rings (SSSR count). The van der Waals surface area contributed by atoms with Crippen LogP contribution in [0.1, 0.15) is 12.8 Å². The maximum absolute atomic E-state index is 12.3. The minimum atomic E-state index is 0.127. The Balaban J connectivity index is 2.08. The lowest BCUT2D eigenvalue weighted by atomic mass is 9.97. The summed E-state index contributed by atoms with van der Waals surface area (Å²) >= 11 is 3.39. The standard InChI is InChI=1S/C12H16BrN3O/c1-16(11-8-10(13)4-7-15-11)12(17)9-2-5-14-6-3-9/h4,7-9,14H,2-3,5-6H2,1H3. The summed E-state index contributed by atoms with van der Waals surface area (Å²) < 4.78 is 0.937. The number of nitrogens with zero attached hydrogens (tertiary/aromatic N) is 2. The molecule has 0 unspecified atom stereocenters. The van der Waals surface area contributed by atoms with E-state index in [0.29, 0.717) is 5.82 Å². The van der Waals surface area contributed by atoms with Crippen LogP contribution < -0.4 is 10.2 Å². The molecule has 1 aromatic heterocycles. The third kappa shape index (κ3) is 3.04. The molecule has 0 aliphatic carbocycles. The van der Waals surface area contributed by atoms with E-state index in [1.54, 1.807) is 18.1 Å². The van der Waals surface area contributed by atoms with Gasteiger partial charge in [0.15, 0.2) is 0 Å². The summed E-state index contributed by atoms with van der Waals surface area (Å²) in [4.78, 5) is 18.1. The minimum absolute atomic E-state index is 0.127. The van der Waals surface area contributed by atoms with Gasteiger partial charge in [-0.05, 0) is 38.1 Å². The lowest BCUT2D eigenvalue weighted by Gasteiger charge is -2.26. The summed E-state index contributed by atoms with van der Waals surface area (Å²) in [7, 11) is 1.79. The maximum atomic E-state index is 12.3. The average molecular weight is 298 g/mol. The Kier molecular flexibility index (Phi) is 4.12. The van der Waals surface area contributed by atoms with E-state index in [4.69, 9.17) is 0 Å². The van der Waals surface area contributed by atoms with Crippen LogP contribution in [0.15, 0.2) is 22.8 Å². The van der Waals surface area contributed by atoms with Crippen LogP contribution >= 0.6 is 15.9 Å². The van der Waals surface area contributed by atoms with Gasteiger partial charge in [0.05, 0.1) is 0 Å². The first-order valence-corrected chi connectivity index (χ1v) is 6.57. The van der Waals surface area contributed by atoms with Crippen molar-refractivity contribution in [2.24, 2.45) is 5.92 Å². The average Bonchev–Trinajstić information content (AvgIpc) is 2.38. The van der Waals surface area contributed by atoms with Gasteiger partial charge in [0.1, 0.15) is 5.82 Å². The van der Waals surface area contributed by atoms with Crippen molar-refractivity contribution in [3.05, 3.63) is 22.8 Å². The molecule has 1 aliphatic rings. The Bertz CT molecular complexity index is 404. The van der Waals surface area contributed by atoms with Gasteiger partial charge in [-0.15, -0.1) is 0 Å². The molecule has 0 saturated carbocycles. The van der Waals surface area contributed by atoms with E-state index in [-0.39, 0.29) is 11.8 Å². The molecule has 17 heavy (non-hydrogen) atoms. The highest BCUT2D eigenvalue weighted by molar-refractivity contribution is 9.10. The third-order valence-electron chi connectivity index (χ3n) is 3.07. The number of carbonyl (C=O) groups excluding carboxylic acids is 1. The van der Waals surface area contributed by atoms with Gasteiger partial charge in [-0.2, -0.15) is 0 Å². The van der Waals surface area contributed by atoms with E-state index < -0.39 is 0 Å². The summed E-state index contributed by atoms with van der Waals surface area (Å²) in [6.45, 7) is 1.85. The minimum Gasteiger partial charge on any atom is -0.317 e. The van der Waals surface area contributed by atoms with Crippen molar-refractivity contribution < 1.29 is 4.79 Å². The van der Waals surface area contributed by atoms with Crippen LogP contribution in [0.25, 0.3) is 0 Å². The Labute approximate surface area is 110 Å². The molecule has 1 aliphatic heterocycles. The van der Waals surface area contributed by atoms with Crippen molar-refractivity contribution in [3.8, 4) is 0 Å². The van der Waals surface area contributed by atoms with Gasteiger partial charge in [0.25, 0.3) is 0 Å². The fourth-order valence-electron chi connectivity index (χ4n) is 2.03. The van der Waals surface area contributed by atoms with Crippen molar-refractivity contribution in [3.63, 3.8) is 0 Å². The van der Waals surface area contributed by atoms with Crippen LogP contribution in [0.3, 0.4) is 0 Å². The maximum Gasteiger partial charge on any atom is 0.231 e. The Morgan fingerprint density at radius 2 is 2.24 bits per heavy atom. The zero-order valence-electron chi connectivity index (χ0n) is 9.82. The normalized spacial score (nSPS) is 16.8. The second-order valence-corrected chi connectivity index (χ2v) is 5.17. The summed E-state index contributed by atoms with van der Waals surface area (Å²) in [5, 5.41) is 3.26. The van der Waals surface area contributed by atoms with Gasteiger partial charge in [0.2, 0.25) is 5.91 Å². The van der Waals surface area contributed by atoms with Gasteiger partial charge >= 0.3 is 0 Å². The van der Waals surface area contributed by atoms with E-state index in [0.717, 1.165) is 30.4 Å². The molecule has 4 nitrogen and oxygen atoms in total. The molecule has 0 radical (unpaired) electrons. The molecule has 1 aromatic rings. The SMILES string of the molecule is CN(C(=O)C1CCNCC1)c1cc(Br)ccn1. The molecule has 2 heterocycles. The molecule has 0 spiro atoms. The topological polar surface area (TPSA) is 45.2 Å². The zero-order chi connectivity index (χ0) is 12.3. The summed E-state index contributed by atoms with van der Waals surface area (Å²) in [5.41, 5.74) is 0. The third-order valence-corrected chi connectivity index (χ3v) is 3.56. The number of hydrogen-bond donors (Lipinski definition) is 1. The predicted molar refractivity (Wildman–Crippen MR) is 70.9 cm³/mol. The molecule has 1 N–H and O–H groups in total. The molecule has 0 aromatic carbocycles. The van der Waals surface area contributed by atoms with Gasteiger partial charge in [0, 0.05) is 23.6 Å². The number of amides is 1. The Hall–Kier alpha value is -0.940. The van der Waals surface area contributed by atoms with Gasteiger partial charge in [-0.3, -0.25) is 9.69 Å². The molecule has 92 valence electrons. The van der Waals surface area contributed by atoms with E-state index >= 15 is 0 Å². The van der Waals surface area contributed by atoms with Crippen LogP contribution in [-0.2, 0) is 4.79 Å². The lowest BCUT2D eigenvalue weighted by molar-refractivity contribution is -0.122. The summed E-state index contributed by atoms with van der Waals surface area (Å²) in [5.74, 6) is 0.988. The number of hydrogen-bond acceptors (Lipinski definition) is 3. The smallest absolute Gasteiger partial charge is 0.231 e. The van der Waals surface area contributed by atoms with Crippen LogP contribution in [0.4, 0.5) is 5.82 Å². The quantitative estimate of drug-likeness (QED) is 0.905. The van der Waals surface area contributed by atoms with Crippen molar-refractivity contribution in [1.82, 2.24) is 10.3 Å². The number of nitrogens with one attached hydrogen (secondary N) is 1. The van der Waals surface area contributed by atoms with Gasteiger partial charge < -0.3 is 5.32 Å². The fraction of sp³-hybridized carbons (Fsp3) is 0.500. The number of pyridine rings is 1. The molecule has 5 heteroatoms. The number of carbonyl (C=O) groups is 1. The number of piperidine rings is 1. The van der Waals surface area contributed by atoms with Gasteiger partial charge in [-0.1, -0.05) is 15.9 Å². The van der Waals surface area contributed by atoms with Crippen molar-refractivity contribution in [2.45, 2.75) is 12.8 Å². The number of aromatic nitrogens is 1. The fourth-order valence-corrected chi connectivity index (χ4v) is 2.36. The van der Waals surface area contributed by atoms with Crippen LogP contribution in [0, 0.1) is 5.92 Å². The summed E-state index contributed by atoms with van der Waals surface area (Å²) in [6, 6.07) is 3.71. The highest BCUT2D eigenvalue weighted by Gasteiger charge is 2.25. The van der Waals surface area contributed by atoms with E-state index in [1.165, 1.54) is 0 Å². The molecule has 1 fully saturated rings. The summed E-state index contributed by atoms with van der Waals surface area (Å²) in [6.07, 6.45) is 3.53. The molecule has 0 bridgehead atoms. The molecular formula is C12H16BrN3O. The predicted octanol–water partition coefficient (Wildman–Crippen LogP) is 1.81. The number of rotatable bonds is 2. The first-order chi connectivity index (χ1) is 8.18. The van der Waals surface area contributed by atoms with Crippen LogP contribution in [0.5, 0.6) is 0 Å². The number of anilines is 1. The number of halogens is 1. The molecule has 1 saturated heterocycles. The van der Waals surface area contributed by atoms with E-state index in [9.17, 15) is 4.79 Å². The van der Waals surface area contributed by atoms with Crippen LogP contribution in [0.2, 0.25) is 0 Å². The van der Waals surface area contributed by atoms with Crippen molar-refractivity contribution in [1.29, 1.82) is 0 Å².